The smallest absolute Gasteiger partial charge is 0.0830 e. The average Bonchev–Trinajstić information content (AvgIpc) is 3.09. The number of rotatable bonds is 5. The first-order valence-electron chi connectivity index (χ1n) is 13.5. The van der Waals surface area contributed by atoms with E-state index in [-0.39, 0.29) is 17.9 Å². The van der Waals surface area contributed by atoms with Gasteiger partial charge in [0.15, 0.2) is 0 Å². The van der Waals surface area contributed by atoms with E-state index in [0.717, 1.165) is 30.6 Å². The summed E-state index contributed by atoms with van der Waals surface area (Å²) in [6, 6.07) is 0. The number of aliphatic hydroxyl groups is 3. The molecule has 3 heteroatoms. The number of hydrogen-bond acceptors (Lipinski definition) is 3. The highest BCUT2D eigenvalue weighted by Crippen LogP contribution is 2.68. The van der Waals surface area contributed by atoms with Gasteiger partial charge in [0.2, 0.25) is 0 Å². The van der Waals surface area contributed by atoms with Crippen LogP contribution < -0.4 is 0 Å². The molecule has 4 rings (SSSR count). The fourth-order valence-corrected chi connectivity index (χ4v) is 9.39. The molecule has 0 aliphatic heterocycles. The van der Waals surface area contributed by atoms with Crippen molar-refractivity contribution in [3.8, 4) is 0 Å². The molecule has 31 heavy (non-hydrogen) atoms. The molecule has 3 N–H and O–H groups in total. The second-order valence-corrected chi connectivity index (χ2v) is 13.3. The molecule has 0 saturated heterocycles. The number of aliphatic hydroxyl groups excluding tert-OH is 3. The van der Waals surface area contributed by atoms with E-state index in [1.165, 1.54) is 44.9 Å². The van der Waals surface area contributed by atoms with Gasteiger partial charge >= 0.3 is 0 Å². The molecule has 0 aromatic heterocycles. The second-order valence-electron chi connectivity index (χ2n) is 13.3. The number of fused-ring (bicyclic) bond motifs is 5. The zero-order valence-electron chi connectivity index (χ0n) is 21.1. The predicted molar refractivity (Wildman–Crippen MR) is 126 cm³/mol. The third kappa shape index (κ3) is 3.83. The minimum Gasteiger partial charge on any atom is -0.393 e. The summed E-state index contributed by atoms with van der Waals surface area (Å²) in [4.78, 5) is 0. The summed E-state index contributed by atoms with van der Waals surface area (Å²) >= 11 is 0. The first-order valence-corrected chi connectivity index (χ1v) is 13.5. The molecule has 4 aliphatic carbocycles. The van der Waals surface area contributed by atoms with Crippen molar-refractivity contribution in [1.29, 1.82) is 0 Å². The molecule has 0 heterocycles. The topological polar surface area (TPSA) is 60.7 Å². The van der Waals surface area contributed by atoms with E-state index >= 15 is 0 Å². The lowest BCUT2D eigenvalue weighted by Crippen LogP contribution is -2.54. The van der Waals surface area contributed by atoms with Crippen LogP contribution in [0.2, 0.25) is 0 Å². The monoisotopic (exact) mass is 434 g/mol. The summed E-state index contributed by atoms with van der Waals surface area (Å²) in [7, 11) is 0. The van der Waals surface area contributed by atoms with E-state index in [1.807, 2.05) is 0 Å². The van der Waals surface area contributed by atoms with E-state index in [2.05, 4.69) is 41.5 Å². The highest BCUT2D eigenvalue weighted by Gasteiger charge is 2.61. The molecule has 0 amide bonds. The molecule has 180 valence electrons. The molecular weight excluding hydrogens is 384 g/mol. The highest BCUT2D eigenvalue weighted by molar-refractivity contribution is 5.10. The third-order valence-electron chi connectivity index (χ3n) is 11.8. The minimum atomic E-state index is -0.628. The minimum absolute atomic E-state index is 0.0682. The Morgan fingerprint density at radius 2 is 1.39 bits per heavy atom. The van der Waals surface area contributed by atoms with Crippen LogP contribution >= 0.6 is 0 Å². The Morgan fingerprint density at radius 1 is 0.742 bits per heavy atom. The molecule has 4 fully saturated rings. The van der Waals surface area contributed by atoms with E-state index in [9.17, 15) is 15.3 Å². The van der Waals surface area contributed by atoms with Gasteiger partial charge in [0.1, 0.15) is 0 Å². The Hall–Kier alpha value is -0.120. The van der Waals surface area contributed by atoms with Crippen LogP contribution in [-0.2, 0) is 0 Å². The fraction of sp³-hybridized carbons (Fsp3) is 1.00. The Labute approximate surface area is 191 Å². The molecule has 4 saturated carbocycles. The van der Waals surface area contributed by atoms with Gasteiger partial charge < -0.3 is 15.3 Å². The predicted octanol–water partition coefficient (Wildman–Crippen LogP) is 5.66. The van der Waals surface area contributed by atoms with Gasteiger partial charge in [-0.25, -0.2) is 0 Å². The van der Waals surface area contributed by atoms with Crippen molar-refractivity contribution < 1.29 is 15.3 Å². The van der Waals surface area contributed by atoms with Gasteiger partial charge in [-0.05, 0) is 116 Å². The van der Waals surface area contributed by atoms with E-state index < -0.39 is 12.2 Å². The van der Waals surface area contributed by atoms with E-state index in [0.29, 0.717) is 28.6 Å². The average molecular weight is 435 g/mol. The van der Waals surface area contributed by atoms with Crippen molar-refractivity contribution in [2.75, 3.05) is 0 Å². The summed E-state index contributed by atoms with van der Waals surface area (Å²) in [6.07, 6.45) is 9.68. The summed E-state index contributed by atoms with van der Waals surface area (Å²) in [6.45, 7) is 13.7. The van der Waals surface area contributed by atoms with Crippen molar-refractivity contribution in [2.45, 2.75) is 118 Å². The molecule has 0 aromatic carbocycles. The van der Waals surface area contributed by atoms with Crippen molar-refractivity contribution in [1.82, 2.24) is 0 Å². The van der Waals surface area contributed by atoms with Crippen LogP contribution in [0.4, 0.5) is 0 Å². The Kier molecular flexibility index (Phi) is 6.65. The Bertz CT molecular complexity index is 634. The summed E-state index contributed by atoms with van der Waals surface area (Å²) in [5.41, 5.74) is 0.731. The van der Waals surface area contributed by atoms with Gasteiger partial charge in [-0.2, -0.15) is 0 Å². The van der Waals surface area contributed by atoms with Gasteiger partial charge in [-0.3, -0.25) is 0 Å². The van der Waals surface area contributed by atoms with Crippen LogP contribution in [0.15, 0.2) is 0 Å². The maximum absolute atomic E-state index is 11.1. The molecule has 1 unspecified atom stereocenters. The lowest BCUT2D eigenvalue weighted by atomic mass is 9.44. The van der Waals surface area contributed by atoms with Gasteiger partial charge in [-0.15, -0.1) is 0 Å². The standard InChI is InChI=1S/C28H50O3/c1-16(2)17(3)25(30)26(31)18(4)22-9-10-23-21-8-7-19-15-20(29)11-13-27(19,5)24(21)12-14-28(22,23)6/h16-26,29-31H,7-15H2,1-6H3/t17-,18-,19-,20+,21-,22+,23?,24-,25+,26+,27-,28+/m0/s1. The van der Waals surface area contributed by atoms with Crippen LogP contribution in [-0.4, -0.2) is 33.6 Å². The molecule has 4 aliphatic rings. The zero-order chi connectivity index (χ0) is 22.7. The van der Waals surface area contributed by atoms with Crippen LogP contribution in [0, 0.1) is 58.2 Å². The van der Waals surface area contributed by atoms with E-state index in [4.69, 9.17) is 0 Å². The van der Waals surface area contributed by atoms with Crippen LogP contribution in [0.5, 0.6) is 0 Å². The quantitative estimate of drug-likeness (QED) is 0.523. The summed E-state index contributed by atoms with van der Waals surface area (Å²) < 4.78 is 0. The second kappa shape index (κ2) is 8.58. The maximum atomic E-state index is 11.1. The fourth-order valence-electron chi connectivity index (χ4n) is 9.39. The zero-order valence-corrected chi connectivity index (χ0v) is 21.1. The van der Waals surface area contributed by atoms with Gasteiger partial charge in [0.05, 0.1) is 18.3 Å². The highest BCUT2D eigenvalue weighted by atomic mass is 16.3. The van der Waals surface area contributed by atoms with Crippen LogP contribution in [0.1, 0.15) is 99.3 Å². The molecule has 3 nitrogen and oxygen atoms in total. The van der Waals surface area contributed by atoms with Crippen LogP contribution in [0.25, 0.3) is 0 Å². The maximum Gasteiger partial charge on any atom is 0.0830 e. The largest absolute Gasteiger partial charge is 0.393 e. The molecule has 0 aromatic rings. The van der Waals surface area contributed by atoms with Crippen molar-refractivity contribution >= 4 is 0 Å². The van der Waals surface area contributed by atoms with Crippen LogP contribution in [0.3, 0.4) is 0 Å². The molecule has 0 spiro atoms. The lowest BCUT2D eigenvalue weighted by molar-refractivity contribution is -0.136. The SMILES string of the molecule is CC(C)[C@H](C)[C@@H](O)[C@H](O)[C@@H](C)[C@H]1CCC2[C@@H]3CC[C@H]4C[C@H](O)CC[C@]4(C)[C@H]3CC[C@@]21C. The van der Waals surface area contributed by atoms with Crippen molar-refractivity contribution in [2.24, 2.45) is 58.2 Å². The lowest BCUT2D eigenvalue weighted by Gasteiger charge is -2.61. The molecular formula is C28H50O3. The first-order chi connectivity index (χ1) is 14.5. The van der Waals surface area contributed by atoms with Gasteiger partial charge in [0.25, 0.3) is 0 Å². The molecule has 12 atom stereocenters. The summed E-state index contributed by atoms with van der Waals surface area (Å²) in [5, 5.41) is 32.3. The van der Waals surface area contributed by atoms with E-state index in [1.54, 1.807) is 0 Å². The third-order valence-corrected chi connectivity index (χ3v) is 11.8. The van der Waals surface area contributed by atoms with Crippen molar-refractivity contribution in [3.05, 3.63) is 0 Å². The van der Waals surface area contributed by atoms with Crippen molar-refractivity contribution in [3.63, 3.8) is 0 Å². The Morgan fingerprint density at radius 3 is 2.06 bits per heavy atom. The summed E-state index contributed by atoms with van der Waals surface area (Å²) in [5.74, 6) is 4.30. The normalized spacial score (nSPS) is 49.0. The number of hydrogen-bond donors (Lipinski definition) is 3. The van der Waals surface area contributed by atoms with Gasteiger partial charge in [-0.1, -0.05) is 41.5 Å². The Balaban J connectivity index is 1.51. The molecule has 0 radical (unpaired) electrons. The van der Waals surface area contributed by atoms with Gasteiger partial charge in [0, 0.05) is 0 Å². The molecule has 0 bridgehead atoms. The first kappa shape index (κ1) is 24.0.